The molecule has 0 unspecified atom stereocenters. The van der Waals surface area contributed by atoms with Crippen molar-refractivity contribution in [3.8, 4) is 0 Å². The summed E-state index contributed by atoms with van der Waals surface area (Å²) in [6.07, 6.45) is 8.39. The molecule has 3 rings (SSSR count). The molecule has 1 aromatic carbocycles. The molecule has 1 fully saturated rings. The van der Waals surface area contributed by atoms with Gasteiger partial charge in [0.2, 0.25) is 0 Å². The molecule has 0 N–H and O–H groups in total. The van der Waals surface area contributed by atoms with Gasteiger partial charge in [0.05, 0.1) is 0 Å². The molecular weight excluding hydrogens is 322 g/mol. The minimum Gasteiger partial charge on any atom is -0.339 e. The normalized spacial score (nSPS) is 15.6. The van der Waals surface area contributed by atoms with Crippen LogP contribution in [-0.2, 0) is 6.54 Å². The van der Waals surface area contributed by atoms with Crippen LogP contribution in [0.1, 0.15) is 80.0 Å². The average molecular weight is 354 g/mol. The summed E-state index contributed by atoms with van der Waals surface area (Å²) in [5.74, 6) is 2.32. The van der Waals surface area contributed by atoms with Gasteiger partial charge in [-0.1, -0.05) is 39.3 Å². The van der Waals surface area contributed by atoms with E-state index in [1.54, 1.807) is 0 Å². The van der Waals surface area contributed by atoms with Crippen LogP contribution < -0.4 is 0 Å². The second-order valence-corrected chi connectivity index (χ2v) is 7.68. The summed E-state index contributed by atoms with van der Waals surface area (Å²) in [6.45, 7) is 9.24. The maximum atomic E-state index is 12.8. The van der Waals surface area contributed by atoms with E-state index in [1.807, 2.05) is 23.2 Å². The Kier molecular flexibility index (Phi) is 6.12. The Morgan fingerprint density at radius 1 is 1.19 bits per heavy atom. The number of aryl methyl sites for hydroxylation is 1. The Hall–Kier alpha value is -2.10. The van der Waals surface area contributed by atoms with Crippen molar-refractivity contribution in [3.05, 3.63) is 53.6 Å². The van der Waals surface area contributed by atoms with E-state index < -0.39 is 0 Å². The molecule has 2 aromatic rings. The molecule has 0 spiro atoms. The molecule has 1 amide bonds. The van der Waals surface area contributed by atoms with Gasteiger partial charge in [-0.05, 0) is 42.9 Å². The topological polar surface area (TPSA) is 38.1 Å². The SMILES string of the molecule is CCCCn1ccnc1C1CCN(C(=O)c2ccc(C(C)C)cc2)CC1. The first-order valence-corrected chi connectivity index (χ1v) is 10.0. The van der Waals surface area contributed by atoms with Crippen LogP contribution in [0.5, 0.6) is 0 Å². The van der Waals surface area contributed by atoms with E-state index in [1.165, 1.54) is 24.2 Å². The fraction of sp³-hybridized carbons (Fsp3) is 0.545. The molecule has 140 valence electrons. The average Bonchev–Trinajstić information content (AvgIpc) is 3.14. The molecule has 1 aliphatic rings. The van der Waals surface area contributed by atoms with E-state index in [2.05, 4.69) is 48.7 Å². The minimum absolute atomic E-state index is 0.160. The molecule has 4 heteroatoms. The molecule has 0 aliphatic carbocycles. The molecule has 0 atom stereocenters. The molecule has 0 saturated carbocycles. The number of likely N-dealkylation sites (tertiary alicyclic amines) is 1. The van der Waals surface area contributed by atoms with Gasteiger partial charge in [-0.3, -0.25) is 4.79 Å². The number of hydrogen-bond donors (Lipinski definition) is 0. The zero-order valence-corrected chi connectivity index (χ0v) is 16.3. The number of rotatable bonds is 6. The number of carbonyl (C=O) groups excluding carboxylic acids is 1. The zero-order chi connectivity index (χ0) is 18.5. The van der Waals surface area contributed by atoms with Gasteiger partial charge in [-0.2, -0.15) is 0 Å². The number of carbonyl (C=O) groups is 1. The van der Waals surface area contributed by atoms with Gasteiger partial charge in [0.15, 0.2) is 0 Å². The number of imidazole rings is 1. The van der Waals surface area contributed by atoms with Crippen LogP contribution in [0.3, 0.4) is 0 Å². The third-order valence-corrected chi connectivity index (χ3v) is 5.47. The molecule has 0 bridgehead atoms. The van der Waals surface area contributed by atoms with Crippen molar-refractivity contribution in [1.29, 1.82) is 0 Å². The van der Waals surface area contributed by atoms with Crippen LogP contribution in [-0.4, -0.2) is 33.4 Å². The van der Waals surface area contributed by atoms with E-state index in [0.29, 0.717) is 11.8 Å². The predicted molar refractivity (Wildman–Crippen MR) is 106 cm³/mol. The highest BCUT2D eigenvalue weighted by Crippen LogP contribution is 2.28. The van der Waals surface area contributed by atoms with Crippen LogP contribution in [0.4, 0.5) is 0 Å². The van der Waals surface area contributed by atoms with Crippen LogP contribution in [0.2, 0.25) is 0 Å². The molecule has 26 heavy (non-hydrogen) atoms. The summed E-state index contributed by atoms with van der Waals surface area (Å²) in [4.78, 5) is 19.4. The second kappa shape index (κ2) is 8.52. The van der Waals surface area contributed by atoms with E-state index in [4.69, 9.17) is 0 Å². The highest BCUT2D eigenvalue weighted by atomic mass is 16.2. The Labute approximate surface area is 157 Å². The van der Waals surface area contributed by atoms with Crippen molar-refractivity contribution in [3.63, 3.8) is 0 Å². The van der Waals surface area contributed by atoms with E-state index in [-0.39, 0.29) is 5.91 Å². The zero-order valence-electron chi connectivity index (χ0n) is 16.3. The van der Waals surface area contributed by atoms with Gasteiger partial charge in [0.1, 0.15) is 5.82 Å². The third-order valence-electron chi connectivity index (χ3n) is 5.47. The fourth-order valence-electron chi connectivity index (χ4n) is 3.73. The summed E-state index contributed by atoms with van der Waals surface area (Å²) < 4.78 is 2.30. The number of hydrogen-bond acceptors (Lipinski definition) is 2. The van der Waals surface area contributed by atoms with E-state index in [0.717, 1.165) is 38.0 Å². The Bertz CT molecular complexity index is 709. The van der Waals surface area contributed by atoms with Gasteiger partial charge in [-0.25, -0.2) is 4.98 Å². The summed E-state index contributed by atoms with van der Waals surface area (Å²) >= 11 is 0. The lowest BCUT2D eigenvalue weighted by Crippen LogP contribution is -2.38. The lowest BCUT2D eigenvalue weighted by Gasteiger charge is -2.32. The standard InChI is InChI=1S/C22H31N3O/c1-4-5-13-24-16-12-23-21(24)19-10-14-25(15-11-19)22(26)20-8-6-18(7-9-20)17(2)3/h6-9,12,16-17,19H,4-5,10-11,13-15H2,1-3H3. The van der Waals surface area contributed by atoms with E-state index in [9.17, 15) is 4.79 Å². The summed E-state index contributed by atoms with van der Waals surface area (Å²) in [5.41, 5.74) is 2.08. The number of nitrogens with zero attached hydrogens (tertiary/aromatic N) is 3. The van der Waals surface area contributed by atoms with Crippen molar-refractivity contribution in [2.45, 2.75) is 64.8 Å². The summed E-state index contributed by atoms with van der Waals surface area (Å²) in [7, 11) is 0. The molecule has 1 aliphatic heterocycles. The first-order chi connectivity index (χ1) is 12.6. The van der Waals surface area contributed by atoms with Gasteiger partial charge in [-0.15, -0.1) is 0 Å². The lowest BCUT2D eigenvalue weighted by molar-refractivity contribution is 0.0710. The monoisotopic (exact) mass is 353 g/mol. The number of unbranched alkanes of at least 4 members (excludes halogenated alkanes) is 1. The molecule has 2 heterocycles. The highest BCUT2D eigenvalue weighted by molar-refractivity contribution is 5.94. The maximum Gasteiger partial charge on any atom is 0.253 e. The Morgan fingerprint density at radius 2 is 1.88 bits per heavy atom. The summed E-state index contributed by atoms with van der Waals surface area (Å²) in [6, 6.07) is 8.10. The number of amides is 1. The smallest absolute Gasteiger partial charge is 0.253 e. The molecular formula is C22H31N3O. The van der Waals surface area contributed by atoms with Gasteiger partial charge in [0.25, 0.3) is 5.91 Å². The summed E-state index contributed by atoms with van der Waals surface area (Å²) in [5, 5.41) is 0. The third kappa shape index (κ3) is 4.17. The first-order valence-electron chi connectivity index (χ1n) is 10.0. The lowest BCUT2D eigenvalue weighted by atomic mass is 9.95. The van der Waals surface area contributed by atoms with Gasteiger partial charge in [0, 0.05) is 43.5 Å². The van der Waals surface area contributed by atoms with Crippen molar-refractivity contribution in [2.75, 3.05) is 13.1 Å². The van der Waals surface area contributed by atoms with Crippen molar-refractivity contribution < 1.29 is 4.79 Å². The highest BCUT2D eigenvalue weighted by Gasteiger charge is 2.26. The van der Waals surface area contributed by atoms with Gasteiger partial charge < -0.3 is 9.47 Å². The fourth-order valence-corrected chi connectivity index (χ4v) is 3.73. The van der Waals surface area contributed by atoms with E-state index >= 15 is 0 Å². The first kappa shape index (κ1) is 18.7. The second-order valence-electron chi connectivity index (χ2n) is 7.68. The van der Waals surface area contributed by atoms with Crippen molar-refractivity contribution in [2.24, 2.45) is 0 Å². The molecule has 1 saturated heterocycles. The maximum absolute atomic E-state index is 12.8. The van der Waals surface area contributed by atoms with Crippen LogP contribution in [0, 0.1) is 0 Å². The quantitative estimate of drug-likeness (QED) is 0.746. The van der Waals surface area contributed by atoms with Crippen molar-refractivity contribution >= 4 is 5.91 Å². The molecule has 0 radical (unpaired) electrons. The van der Waals surface area contributed by atoms with Crippen LogP contribution >= 0.6 is 0 Å². The largest absolute Gasteiger partial charge is 0.339 e. The van der Waals surface area contributed by atoms with Gasteiger partial charge >= 0.3 is 0 Å². The van der Waals surface area contributed by atoms with Crippen LogP contribution in [0.15, 0.2) is 36.7 Å². The van der Waals surface area contributed by atoms with Crippen molar-refractivity contribution in [1.82, 2.24) is 14.5 Å². The molecule has 4 nitrogen and oxygen atoms in total. The number of aromatic nitrogens is 2. The predicted octanol–water partition coefficient (Wildman–Crippen LogP) is 4.83. The Balaban J connectivity index is 1.59. The Morgan fingerprint density at radius 3 is 2.50 bits per heavy atom. The van der Waals surface area contributed by atoms with Crippen LogP contribution in [0.25, 0.3) is 0 Å². The minimum atomic E-state index is 0.160. The number of benzene rings is 1. The number of piperidine rings is 1. The molecule has 1 aromatic heterocycles.